The lowest BCUT2D eigenvalue weighted by molar-refractivity contribution is -0.0178. The van der Waals surface area contributed by atoms with Crippen LogP contribution in [0, 0.1) is 5.92 Å². The third-order valence-corrected chi connectivity index (χ3v) is 5.29. The molecule has 2 unspecified atom stereocenters. The third kappa shape index (κ3) is 2.51. The van der Waals surface area contributed by atoms with Crippen LogP contribution in [0.4, 0.5) is 5.69 Å². The molecular weight excluding hydrogens is 264 g/mol. The highest BCUT2D eigenvalue weighted by atomic mass is 16.7. The largest absolute Gasteiger partial charge is 0.467 e. The summed E-state index contributed by atoms with van der Waals surface area (Å²) in [5.74, 6) is 1.93. The van der Waals surface area contributed by atoms with Crippen molar-refractivity contribution in [3.8, 4) is 5.75 Å². The zero-order valence-corrected chi connectivity index (χ0v) is 12.5. The quantitative estimate of drug-likeness (QED) is 0.850. The highest BCUT2D eigenvalue weighted by molar-refractivity contribution is 5.53. The van der Waals surface area contributed by atoms with Gasteiger partial charge in [0.15, 0.2) is 6.79 Å². The Labute approximate surface area is 126 Å². The van der Waals surface area contributed by atoms with Gasteiger partial charge in [-0.15, -0.1) is 0 Å². The highest BCUT2D eigenvalue weighted by Gasteiger charge is 2.35. The van der Waals surface area contributed by atoms with Crippen LogP contribution in [0.2, 0.25) is 0 Å². The second-order valence-electron chi connectivity index (χ2n) is 6.65. The fourth-order valence-electron chi connectivity index (χ4n) is 4.42. The molecule has 2 N–H and O–H groups in total. The van der Waals surface area contributed by atoms with Crippen LogP contribution in [-0.4, -0.2) is 24.3 Å². The second-order valence-corrected chi connectivity index (χ2v) is 6.65. The molecule has 2 fully saturated rings. The van der Waals surface area contributed by atoms with Crippen molar-refractivity contribution < 1.29 is 9.47 Å². The van der Waals surface area contributed by atoms with Crippen LogP contribution in [0.1, 0.15) is 43.2 Å². The van der Waals surface area contributed by atoms with Crippen molar-refractivity contribution in [2.24, 2.45) is 5.92 Å². The van der Waals surface area contributed by atoms with Gasteiger partial charge in [-0.05, 0) is 50.3 Å². The number of nitrogens with two attached hydrogens (primary N) is 1. The minimum Gasteiger partial charge on any atom is -0.467 e. The first-order valence-corrected chi connectivity index (χ1v) is 8.17. The fourth-order valence-corrected chi connectivity index (χ4v) is 4.42. The monoisotopic (exact) mass is 288 g/mol. The molecule has 1 aromatic rings. The molecule has 1 aliphatic carbocycles. The van der Waals surface area contributed by atoms with E-state index in [1.165, 1.54) is 44.2 Å². The lowest BCUT2D eigenvalue weighted by atomic mass is 9.91. The maximum absolute atomic E-state index is 6.06. The van der Waals surface area contributed by atoms with Crippen LogP contribution >= 0.6 is 0 Å². The molecule has 4 rings (SSSR count). The number of hydrogen-bond acceptors (Lipinski definition) is 4. The van der Waals surface area contributed by atoms with Crippen molar-refractivity contribution in [2.45, 2.75) is 51.3 Å². The van der Waals surface area contributed by atoms with Crippen LogP contribution in [0.25, 0.3) is 0 Å². The summed E-state index contributed by atoms with van der Waals surface area (Å²) in [4.78, 5) is 2.66. The Morgan fingerprint density at radius 3 is 3.05 bits per heavy atom. The Balaban J connectivity index is 1.60. The number of hydrogen-bond donors (Lipinski definition) is 1. The molecule has 0 aromatic heterocycles. The summed E-state index contributed by atoms with van der Waals surface area (Å²) in [6.07, 6.45) is 6.92. The molecule has 1 aromatic carbocycles. The van der Waals surface area contributed by atoms with Crippen LogP contribution in [0.3, 0.4) is 0 Å². The number of likely N-dealkylation sites (tertiary alicyclic amines) is 1. The minimum absolute atomic E-state index is 0.357. The van der Waals surface area contributed by atoms with E-state index in [1.54, 1.807) is 0 Å². The number of benzene rings is 1. The predicted molar refractivity (Wildman–Crippen MR) is 81.9 cm³/mol. The number of piperidine rings is 1. The molecule has 21 heavy (non-hydrogen) atoms. The molecular formula is C17H24N2O2. The Kier molecular flexibility index (Phi) is 3.51. The lowest BCUT2D eigenvalue weighted by Crippen LogP contribution is -2.42. The number of fused-ring (bicyclic) bond motifs is 2. The maximum atomic E-state index is 6.06. The molecule has 2 heterocycles. The Morgan fingerprint density at radius 1 is 1.19 bits per heavy atom. The summed E-state index contributed by atoms with van der Waals surface area (Å²) >= 11 is 0. The van der Waals surface area contributed by atoms with Crippen LogP contribution in [0.15, 0.2) is 12.1 Å². The summed E-state index contributed by atoms with van der Waals surface area (Å²) < 4.78 is 11.1. The van der Waals surface area contributed by atoms with Gasteiger partial charge in [0.1, 0.15) is 5.75 Å². The Morgan fingerprint density at radius 2 is 2.10 bits per heavy atom. The second kappa shape index (κ2) is 5.50. The maximum Gasteiger partial charge on any atom is 0.189 e. The zero-order chi connectivity index (χ0) is 14.2. The van der Waals surface area contributed by atoms with E-state index in [4.69, 9.17) is 15.2 Å². The molecule has 2 atom stereocenters. The van der Waals surface area contributed by atoms with Crippen molar-refractivity contribution in [1.29, 1.82) is 0 Å². The number of anilines is 1. The van der Waals surface area contributed by atoms with Crippen LogP contribution < -0.4 is 10.5 Å². The van der Waals surface area contributed by atoms with Gasteiger partial charge < -0.3 is 15.2 Å². The summed E-state index contributed by atoms with van der Waals surface area (Å²) in [6, 6.07) is 4.84. The average Bonchev–Trinajstić information content (AvgIpc) is 2.96. The van der Waals surface area contributed by atoms with Gasteiger partial charge in [0.05, 0.1) is 6.61 Å². The SMILES string of the molecule is Nc1cc2c(c(CN3CCCC4CCCC43)c1)OCOC2. The Hall–Kier alpha value is -1.26. The van der Waals surface area contributed by atoms with E-state index < -0.39 is 0 Å². The molecule has 1 saturated carbocycles. The number of ether oxygens (including phenoxy) is 2. The minimum atomic E-state index is 0.357. The van der Waals surface area contributed by atoms with Gasteiger partial charge in [0, 0.05) is 29.4 Å². The van der Waals surface area contributed by atoms with Gasteiger partial charge in [-0.1, -0.05) is 6.42 Å². The fraction of sp³-hybridized carbons (Fsp3) is 0.647. The number of nitrogen functional groups attached to an aromatic ring is 1. The molecule has 0 spiro atoms. The van der Waals surface area contributed by atoms with Crippen LogP contribution in [-0.2, 0) is 17.9 Å². The standard InChI is InChI=1S/C17H24N2O2/c18-15-7-13(17-14(8-15)10-20-11-21-17)9-19-6-2-4-12-3-1-5-16(12)19/h7-8,12,16H,1-6,9-11,18H2. The van der Waals surface area contributed by atoms with E-state index in [2.05, 4.69) is 11.0 Å². The zero-order valence-electron chi connectivity index (χ0n) is 12.5. The summed E-state index contributed by atoms with van der Waals surface area (Å²) in [6.45, 7) is 3.14. The van der Waals surface area contributed by atoms with Gasteiger partial charge in [-0.2, -0.15) is 0 Å². The van der Waals surface area contributed by atoms with Gasteiger partial charge in [-0.3, -0.25) is 4.90 Å². The first-order valence-electron chi connectivity index (χ1n) is 8.17. The normalized spacial score (nSPS) is 28.8. The van der Waals surface area contributed by atoms with E-state index in [9.17, 15) is 0 Å². The number of rotatable bonds is 2. The molecule has 0 amide bonds. The molecule has 0 bridgehead atoms. The van der Waals surface area contributed by atoms with Crippen molar-refractivity contribution >= 4 is 5.69 Å². The summed E-state index contributed by atoms with van der Waals surface area (Å²) in [7, 11) is 0. The molecule has 1 saturated heterocycles. The van der Waals surface area contributed by atoms with Crippen LogP contribution in [0.5, 0.6) is 5.75 Å². The van der Waals surface area contributed by atoms with Gasteiger partial charge >= 0.3 is 0 Å². The van der Waals surface area contributed by atoms with E-state index in [0.717, 1.165) is 35.5 Å². The topological polar surface area (TPSA) is 47.7 Å². The summed E-state index contributed by atoms with van der Waals surface area (Å²) in [5, 5.41) is 0. The van der Waals surface area contributed by atoms with E-state index in [-0.39, 0.29) is 0 Å². The molecule has 2 aliphatic heterocycles. The smallest absolute Gasteiger partial charge is 0.189 e. The van der Waals surface area contributed by atoms with Gasteiger partial charge in [-0.25, -0.2) is 0 Å². The Bertz CT molecular complexity index is 532. The molecule has 114 valence electrons. The van der Waals surface area contributed by atoms with E-state index >= 15 is 0 Å². The third-order valence-electron chi connectivity index (χ3n) is 5.29. The average molecular weight is 288 g/mol. The molecule has 4 heteroatoms. The van der Waals surface area contributed by atoms with E-state index in [1.807, 2.05) is 6.07 Å². The number of nitrogens with zero attached hydrogens (tertiary/aromatic N) is 1. The first kappa shape index (κ1) is 13.4. The van der Waals surface area contributed by atoms with Crippen molar-refractivity contribution in [3.63, 3.8) is 0 Å². The van der Waals surface area contributed by atoms with Gasteiger partial charge in [0.25, 0.3) is 0 Å². The van der Waals surface area contributed by atoms with Crippen molar-refractivity contribution in [2.75, 3.05) is 19.1 Å². The predicted octanol–water partition coefficient (Wildman–Crippen LogP) is 2.90. The van der Waals surface area contributed by atoms with Crippen molar-refractivity contribution in [1.82, 2.24) is 4.90 Å². The van der Waals surface area contributed by atoms with Gasteiger partial charge in [0.2, 0.25) is 0 Å². The summed E-state index contributed by atoms with van der Waals surface area (Å²) in [5.41, 5.74) is 9.21. The lowest BCUT2D eigenvalue weighted by Gasteiger charge is -2.38. The molecule has 0 radical (unpaired) electrons. The first-order chi connectivity index (χ1) is 10.3. The highest BCUT2D eigenvalue weighted by Crippen LogP contribution is 2.39. The van der Waals surface area contributed by atoms with Crippen molar-refractivity contribution in [3.05, 3.63) is 23.3 Å². The molecule has 3 aliphatic rings. The van der Waals surface area contributed by atoms with E-state index in [0.29, 0.717) is 13.4 Å². The molecule has 4 nitrogen and oxygen atoms in total.